The molecule has 114 valence electrons. The van der Waals surface area contributed by atoms with Gasteiger partial charge in [-0.2, -0.15) is 0 Å². The van der Waals surface area contributed by atoms with Crippen LogP contribution >= 0.6 is 0 Å². The lowest BCUT2D eigenvalue weighted by Crippen LogP contribution is -2.44. The highest BCUT2D eigenvalue weighted by molar-refractivity contribution is 4.89. The molecule has 0 radical (unpaired) electrons. The number of nitrogens with zero attached hydrogens (tertiary/aromatic N) is 3. The zero-order chi connectivity index (χ0) is 14.6. The second-order valence-corrected chi connectivity index (χ2v) is 6.67. The largest absolute Gasteiger partial charge is 0.389 e. The zero-order valence-electron chi connectivity index (χ0n) is 13.2. The monoisotopic (exact) mass is 279 g/mol. The van der Waals surface area contributed by atoms with Gasteiger partial charge in [-0.25, -0.2) is 4.98 Å². The van der Waals surface area contributed by atoms with Crippen LogP contribution in [0, 0.1) is 12.8 Å². The maximum atomic E-state index is 10.6. The Hall–Kier alpha value is -0.870. The molecule has 2 rings (SSSR count). The summed E-state index contributed by atoms with van der Waals surface area (Å²) in [7, 11) is 2.12. The van der Waals surface area contributed by atoms with Crippen LogP contribution in [0.15, 0.2) is 12.4 Å². The van der Waals surface area contributed by atoms with Crippen molar-refractivity contribution < 1.29 is 5.11 Å². The van der Waals surface area contributed by atoms with Gasteiger partial charge >= 0.3 is 0 Å². The van der Waals surface area contributed by atoms with Gasteiger partial charge in [0.05, 0.1) is 5.60 Å². The number of aryl methyl sites for hydroxylation is 2. The molecule has 0 bridgehead atoms. The Morgan fingerprint density at radius 1 is 1.45 bits per heavy atom. The molecule has 1 aliphatic carbocycles. The number of imidazole rings is 1. The Bertz CT molecular complexity index is 408. The van der Waals surface area contributed by atoms with Gasteiger partial charge in [-0.3, -0.25) is 0 Å². The maximum absolute atomic E-state index is 10.6. The number of aliphatic hydroxyl groups is 1. The first kappa shape index (κ1) is 15.5. The highest BCUT2D eigenvalue weighted by Gasteiger charge is 2.32. The molecule has 1 aromatic heterocycles. The third kappa shape index (κ3) is 4.32. The van der Waals surface area contributed by atoms with Crippen molar-refractivity contribution in [1.29, 1.82) is 0 Å². The van der Waals surface area contributed by atoms with E-state index in [0.717, 1.165) is 50.6 Å². The lowest BCUT2D eigenvalue weighted by atomic mass is 9.79. The first-order chi connectivity index (χ1) is 9.48. The fourth-order valence-corrected chi connectivity index (χ4v) is 3.19. The molecule has 4 nitrogen and oxygen atoms in total. The zero-order valence-corrected chi connectivity index (χ0v) is 13.2. The molecule has 20 heavy (non-hydrogen) atoms. The first-order valence-corrected chi connectivity index (χ1v) is 7.87. The van der Waals surface area contributed by atoms with Crippen molar-refractivity contribution >= 4 is 0 Å². The molecule has 1 fully saturated rings. The van der Waals surface area contributed by atoms with E-state index in [1.165, 1.54) is 12.8 Å². The average Bonchev–Trinajstić information content (AvgIpc) is 2.79. The SMILES string of the molecule is Cc1nccn1CCCN(C)CC1(O)CCC(C)CC1. The molecular formula is C16H29N3O. The minimum Gasteiger partial charge on any atom is -0.389 e. The van der Waals surface area contributed by atoms with E-state index < -0.39 is 5.60 Å². The normalized spacial score (nSPS) is 27.1. The summed E-state index contributed by atoms with van der Waals surface area (Å²) in [6, 6.07) is 0. The van der Waals surface area contributed by atoms with Crippen molar-refractivity contribution in [3.8, 4) is 0 Å². The van der Waals surface area contributed by atoms with Crippen LogP contribution in [0.2, 0.25) is 0 Å². The molecule has 4 heteroatoms. The van der Waals surface area contributed by atoms with Crippen molar-refractivity contribution in [2.45, 2.75) is 58.1 Å². The van der Waals surface area contributed by atoms with Crippen LogP contribution in [0.3, 0.4) is 0 Å². The Balaban J connectivity index is 1.70. The van der Waals surface area contributed by atoms with Crippen LogP contribution in [0.1, 0.15) is 44.9 Å². The summed E-state index contributed by atoms with van der Waals surface area (Å²) in [6.07, 6.45) is 9.23. The molecule has 0 saturated heterocycles. The van der Waals surface area contributed by atoms with Crippen molar-refractivity contribution in [3.63, 3.8) is 0 Å². The summed E-state index contributed by atoms with van der Waals surface area (Å²) in [5.74, 6) is 1.86. The smallest absolute Gasteiger partial charge is 0.105 e. The van der Waals surface area contributed by atoms with E-state index in [-0.39, 0.29) is 0 Å². The summed E-state index contributed by atoms with van der Waals surface area (Å²) in [5, 5.41) is 10.6. The number of aromatic nitrogens is 2. The second kappa shape index (κ2) is 6.72. The molecule has 0 aliphatic heterocycles. The van der Waals surface area contributed by atoms with E-state index in [2.05, 4.69) is 28.4 Å². The maximum Gasteiger partial charge on any atom is 0.105 e. The molecule has 0 amide bonds. The second-order valence-electron chi connectivity index (χ2n) is 6.67. The molecule has 1 heterocycles. The molecule has 0 atom stereocenters. The van der Waals surface area contributed by atoms with Gasteiger partial charge in [0.1, 0.15) is 5.82 Å². The van der Waals surface area contributed by atoms with Crippen molar-refractivity contribution in [2.24, 2.45) is 5.92 Å². The summed E-state index contributed by atoms with van der Waals surface area (Å²) in [5.41, 5.74) is -0.452. The van der Waals surface area contributed by atoms with Crippen LogP contribution in [-0.4, -0.2) is 45.3 Å². The summed E-state index contributed by atoms with van der Waals surface area (Å²) in [4.78, 5) is 6.52. The quantitative estimate of drug-likeness (QED) is 0.869. The van der Waals surface area contributed by atoms with Crippen LogP contribution in [0.4, 0.5) is 0 Å². The first-order valence-electron chi connectivity index (χ1n) is 7.87. The molecule has 1 aliphatic rings. The van der Waals surface area contributed by atoms with E-state index in [0.29, 0.717) is 0 Å². The number of rotatable bonds is 6. The average molecular weight is 279 g/mol. The molecule has 0 aromatic carbocycles. The van der Waals surface area contributed by atoms with Gasteiger partial charge in [0, 0.05) is 25.5 Å². The van der Waals surface area contributed by atoms with Crippen molar-refractivity contribution in [3.05, 3.63) is 18.2 Å². The Kier molecular flexibility index (Phi) is 5.22. The van der Waals surface area contributed by atoms with E-state index in [1.54, 1.807) is 0 Å². The van der Waals surface area contributed by atoms with Crippen LogP contribution in [0.5, 0.6) is 0 Å². The minimum absolute atomic E-state index is 0.452. The van der Waals surface area contributed by atoms with Crippen LogP contribution in [0.25, 0.3) is 0 Å². The lowest BCUT2D eigenvalue weighted by Gasteiger charge is -2.37. The Morgan fingerprint density at radius 3 is 2.75 bits per heavy atom. The Labute approximate surface area is 122 Å². The van der Waals surface area contributed by atoms with Gasteiger partial charge in [0.25, 0.3) is 0 Å². The third-order valence-electron chi connectivity index (χ3n) is 4.63. The fraction of sp³-hybridized carbons (Fsp3) is 0.812. The van der Waals surface area contributed by atoms with Crippen LogP contribution in [-0.2, 0) is 6.54 Å². The molecule has 0 unspecified atom stereocenters. The van der Waals surface area contributed by atoms with Gasteiger partial charge in [0.2, 0.25) is 0 Å². The molecular weight excluding hydrogens is 250 g/mol. The van der Waals surface area contributed by atoms with Gasteiger partial charge in [-0.1, -0.05) is 6.92 Å². The van der Waals surface area contributed by atoms with Gasteiger partial charge in [0.15, 0.2) is 0 Å². The summed E-state index contributed by atoms with van der Waals surface area (Å²) < 4.78 is 2.19. The minimum atomic E-state index is -0.452. The molecule has 1 N–H and O–H groups in total. The number of likely N-dealkylation sites (N-methyl/N-ethyl adjacent to an activating group) is 1. The summed E-state index contributed by atoms with van der Waals surface area (Å²) >= 11 is 0. The standard InChI is InChI=1S/C16H29N3O/c1-14-5-7-16(20,8-6-14)13-18(3)10-4-11-19-12-9-17-15(19)2/h9,12,14,20H,4-8,10-11,13H2,1-3H3. The fourth-order valence-electron chi connectivity index (χ4n) is 3.19. The third-order valence-corrected chi connectivity index (χ3v) is 4.63. The Morgan fingerprint density at radius 2 is 2.15 bits per heavy atom. The van der Waals surface area contributed by atoms with E-state index in [9.17, 15) is 5.11 Å². The predicted molar refractivity (Wildman–Crippen MR) is 81.7 cm³/mol. The van der Waals surface area contributed by atoms with E-state index in [4.69, 9.17) is 0 Å². The highest BCUT2D eigenvalue weighted by Crippen LogP contribution is 2.32. The molecule has 1 aromatic rings. The van der Waals surface area contributed by atoms with Gasteiger partial charge in [-0.15, -0.1) is 0 Å². The molecule has 0 spiro atoms. The predicted octanol–water partition coefficient (Wildman–Crippen LogP) is 2.45. The summed E-state index contributed by atoms with van der Waals surface area (Å²) in [6.45, 7) is 7.16. The molecule has 1 saturated carbocycles. The lowest BCUT2D eigenvalue weighted by molar-refractivity contribution is -0.0303. The van der Waals surface area contributed by atoms with E-state index in [1.807, 2.05) is 19.3 Å². The van der Waals surface area contributed by atoms with Gasteiger partial charge in [-0.05, 0) is 58.5 Å². The number of hydrogen-bond donors (Lipinski definition) is 1. The van der Waals surface area contributed by atoms with Crippen LogP contribution < -0.4 is 0 Å². The number of hydrogen-bond acceptors (Lipinski definition) is 3. The van der Waals surface area contributed by atoms with Crippen molar-refractivity contribution in [2.75, 3.05) is 20.1 Å². The van der Waals surface area contributed by atoms with E-state index >= 15 is 0 Å². The van der Waals surface area contributed by atoms with Gasteiger partial charge < -0.3 is 14.6 Å². The topological polar surface area (TPSA) is 41.3 Å². The van der Waals surface area contributed by atoms with Crippen molar-refractivity contribution in [1.82, 2.24) is 14.5 Å². The highest BCUT2D eigenvalue weighted by atomic mass is 16.3.